The van der Waals surface area contributed by atoms with E-state index in [2.05, 4.69) is 51.3 Å². The highest BCUT2D eigenvalue weighted by atomic mass is 19.1. The summed E-state index contributed by atoms with van der Waals surface area (Å²) in [5.41, 5.74) is 0.702. The molecule has 8 nitrogen and oxygen atoms in total. The van der Waals surface area contributed by atoms with Gasteiger partial charge in [0.1, 0.15) is 17.3 Å². The van der Waals surface area contributed by atoms with E-state index in [0.29, 0.717) is 5.95 Å². The van der Waals surface area contributed by atoms with Gasteiger partial charge >= 0.3 is 0 Å². The molecule has 0 amide bonds. The summed E-state index contributed by atoms with van der Waals surface area (Å²) in [5, 5.41) is 26.1. The minimum absolute atomic E-state index is 0.0262. The van der Waals surface area contributed by atoms with Crippen LogP contribution < -0.4 is 10.2 Å². The lowest BCUT2D eigenvalue weighted by Gasteiger charge is -2.40. The van der Waals surface area contributed by atoms with Gasteiger partial charge in [-0.05, 0) is 17.5 Å². The first-order valence-electron chi connectivity index (χ1n) is 11.2. The first kappa shape index (κ1) is 16.7. The van der Waals surface area contributed by atoms with Crippen LogP contribution in [0.3, 0.4) is 0 Å². The number of nitrogens with one attached hydrogen (secondary N) is 1. The Kier molecular flexibility index (Phi) is 4.25. The van der Waals surface area contributed by atoms with Crippen LogP contribution in [0, 0.1) is 11.2 Å². The van der Waals surface area contributed by atoms with Crippen molar-refractivity contribution in [3.8, 4) is 28.1 Å². The Bertz CT molecular complexity index is 1140. The molecule has 30 heavy (non-hydrogen) atoms. The number of hydrogen-bond acceptors (Lipinski definition) is 7. The molecule has 2 N–H and O–H groups in total. The number of phenolic OH excluding ortho intramolecular Hbond substituents is 1. The standard InChI is InChI=1S/C21H26FN7O/c1-21(2,3)19-12-29(6-5-23-19)20-24-10-17(26-27-20)15-7-16(22)14(8-18(15)30)13-9-25-28(4)11-13/h7-11,19,23,30H,5-6,12H2,1-4H3/t19-/m1/s1/i4D3. The van der Waals surface area contributed by atoms with E-state index in [0.717, 1.165) is 30.4 Å². The number of phenols is 1. The predicted molar refractivity (Wildman–Crippen MR) is 113 cm³/mol. The van der Waals surface area contributed by atoms with E-state index in [1.165, 1.54) is 24.7 Å². The zero-order valence-corrected chi connectivity index (χ0v) is 17.1. The molecule has 3 aromatic rings. The molecule has 2 aromatic heterocycles. The van der Waals surface area contributed by atoms with Gasteiger partial charge in [-0.1, -0.05) is 20.8 Å². The number of benzene rings is 1. The van der Waals surface area contributed by atoms with Crippen molar-refractivity contribution in [1.82, 2.24) is 30.3 Å². The molecule has 3 heterocycles. The van der Waals surface area contributed by atoms with Gasteiger partial charge in [0.2, 0.25) is 5.95 Å². The van der Waals surface area contributed by atoms with Crippen LogP contribution >= 0.6 is 0 Å². The minimum atomic E-state index is -2.48. The number of hydrogen-bond donors (Lipinski definition) is 2. The number of aromatic hydroxyl groups is 1. The smallest absolute Gasteiger partial charge is 0.245 e. The van der Waals surface area contributed by atoms with Crippen LogP contribution in [0.1, 0.15) is 24.9 Å². The molecule has 1 fully saturated rings. The highest BCUT2D eigenvalue weighted by molar-refractivity contribution is 5.74. The van der Waals surface area contributed by atoms with Gasteiger partial charge in [0, 0.05) is 59.7 Å². The third kappa shape index (κ3) is 3.97. The van der Waals surface area contributed by atoms with E-state index in [-0.39, 0.29) is 39.6 Å². The van der Waals surface area contributed by atoms with Gasteiger partial charge in [-0.15, -0.1) is 10.2 Å². The maximum absolute atomic E-state index is 14.9. The second kappa shape index (κ2) is 7.64. The Morgan fingerprint density at radius 3 is 2.73 bits per heavy atom. The van der Waals surface area contributed by atoms with E-state index in [1.54, 1.807) is 0 Å². The zero-order chi connectivity index (χ0) is 24.0. The van der Waals surface area contributed by atoms with Crippen LogP contribution in [0.25, 0.3) is 22.4 Å². The Morgan fingerprint density at radius 2 is 2.07 bits per heavy atom. The molecule has 0 radical (unpaired) electrons. The average Bonchev–Trinajstić information content (AvgIpc) is 3.25. The van der Waals surface area contributed by atoms with Gasteiger partial charge in [-0.25, -0.2) is 9.37 Å². The lowest BCUT2D eigenvalue weighted by Crippen LogP contribution is -2.56. The lowest BCUT2D eigenvalue weighted by molar-refractivity contribution is 0.252. The molecule has 1 saturated heterocycles. The molecular weight excluding hydrogens is 385 g/mol. The number of halogens is 1. The molecule has 1 aliphatic heterocycles. The summed E-state index contributed by atoms with van der Waals surface area (Å²) in [7, 11) is 0. The SMILES string of the molecule is [2H]C([2H])([2H])n1cc(-c2cc(O)c(-c3cnc(N4CCN[C@@H](C(C)(C)C)C4)nn3)cc2F)cn1. The van der Waals surface area contributed by atoms with Gasteiger partial charge in [-0.3, -0.25) is 4.68 Å². The quantitative estimate of drug-likeness (QED) is 0.681. The van der Waals surface area contributed by atoms with Crippen molar-refractivity contribution in [3.63, 3.8) is 0 Å². The van der Waals surface area contributed by atoms with E-state index in [4.69, 9.17) is 4.11 Å². The van der Waals surface area contributed by atoms with E-state index < -0.39 is 12.8 Å². The molecule has 9 heteroatoms. The van der Waals surface area contributed by atoms with Gasteiger partial charge in [0.15, 0.2) is 0 Å². The maximum Gasteiger partial charge on any atom is 0.245 e. The summed E-state index contributed by atoms with van der Waals surface area (Å²) in [6.07, 6.45) is 3.90. The van der Waals surface area contributed by atoms with Crippen molar-refractivity contribution in [3.05, 3.63) is 36.5 Å². The van der Waals surface area contributed by atoms with Gasteiger partial charge in [0.05, 0.1) is 12.4 Å². The van der Waals surface area contributed by atoms with Crippen LogP contribution in [0.4, 0.5) is 10.3 Å². The van der Waals surface area contributed by atoms with Gasteiger partial charge in [-0.2, -0.15) is 5.10 Å². The minimum Gasteiger partial charge on any atom is -0.507 e. The summed E-state index contributed by atoms with van der Waals surface area (Å²) in [4.78, 5) is 6.44. The number of nitrogens with zero attached hydrogens (tertiary/aromatic N) is 6. The maximum atomic E-state index is 14.9. The average molecular weight is 415 g/mol. The van der Waals surface area contributed by atoms with Gasteiger partial charge in [0.25, 0.3) is 0 Å². The topological polar surface area (TPSA) is 92.0 Å². The number of anilines is 1. The molecule has 0 spiro atoms. The fourth-order valence-electron chi connectivity index (χ4n) is 3.50. The number of rotatable bonds is 3. The van der Waals surface area contributed by atoms with Crippen molar-refractivity contribution < 1.29 is 13.6 Å². The normalized spacial score (nSPS) is 19.3. The molecule has 0 saturated carbocycles. The first-order chi connectivity index (χ1) is 15.4. The number of aromatic nitrogens is 5. The monoisotopic (exact) mass is 414 g/mol. The van der Waals surface area contributed by atoms with E-state index in [9.17, 15) is 9.50 Å². The molecule has 0 aliphatic carbocycles. The molecule has 1 aromatic carbocycles. The highest BCUT2D eigenvalue weighted by Gasteiger charge is 2.30. The second-order valence-corrected chi connectivity index (χ2v) is 8.48. The number of aryl methyl sites for hydroxylation is 1. The van der Waals surface area contributed by atoms with Crippen LogP contribution in [-0.4, -0.2) is 55.7 Å². The summed E-state index contributed by atoms with van der Waals surface area (Å²) in [6.45, 7) is 6.33. The second-order valence-electron chi connectivity index (χ2n) is 8.48. The van der Waals surface area contributed by atoms with Crippen molar-refractivity contribution in [1.29, 1.82) is 0 Å². The molecule has 1 atom stereocenters. The fraction of sp³-hybridized carbons (Fsp3) is 0.429. The molecule has 158 valence electrons. The molecule has 1 aliphatic rings. The van der Waals surface area contributed by atoms with Crippen LogP contribution in [0.15, 0.2) is 30.7 Å². The highest BCUT2D eigenvalue weighted by Crippen LogP contribution is 2.34. The predicted octanol–water partition coefficient (Wildman–Crippen LogP) is 2.61. The Balaban J connectivity index is 1.57. The van der Waals surface area contributed by atoms with Crippen LogP contribution in [0.5, 0.6) is 5.75 Å². The third-order valence-corrected chi connectivity index (χ3v) is 5.31. The van der Waals surface area contributed by atoms with Crippen molar-refractivity contribution in [2.24, 2.45) is 12.4 Å². The van der Waals surface area contributed by atoms with Crippen LogP contribution in [0.2, 0.25) is 0 Å². The first-order valence-corrected chi connectivity index (χ1v) is 9.70. The zero-order valence-electron chi connectivity index (χ0n) is 20.1. The van der Waals surface area contributed by atoms with E-state index >= 15 is 0 Å². The molecule has 4 rings (SSSR count). The third-order valence-electron chi connectivity index (χ3n) is 5.31. The molecule has 0 unspecified atom stereocenters. The Labute approximate surface area is 179 Å². The van der Waals surface area contributed by atoms with Crippen molar-refractivity contribution in [2.75, 3.05) is 24.5 Å². The summed E-state index contributed by atoms with van der Waals surface area (Å²) >= 11 is 0. The molecular formula is C21H26FN7O. The number of piperazine rings is 1. The van der Waals surface area contributed by atoms with Gasteiger partial charge < -0.3 is 15.3 Å². The van der Waals surface area contributed by atoms with E-state index in [1.807, 2.05) is 0 Å². The summed E-state index contributed by atoms with van der Waals surface area (Å²) < 4.78 is 37.8. The summed E-state index contributed by atoms with van der Waals surface area (Å²) in [5.74, 6) is -0.413. The van der Waals surface area contributed by atoms with Crippen molar-refractivity contribution in [2.45, 2.75) is 26.8 Å². The van der Waals surface area contributed by atoms with Crippen molar-refractivity contribution >= 4 is 5.95 Å². The Hall–Kier alpha value is -3.07. The largest absolute Gasteiger partial charge is 0.507 e. The van der Waals surface area contributed by atoms with Crippen LogP contribution in [-0.2, 0) is 6.98 Å². The fourth-order valence-corrected chi connectivity index (χ4v) is 3.50. The lowest BCUT2D eigenvalue weighted by atomic mass is 9.85. The Morgan fingerprint density at radius 1 is 1.23 bits per heavy atom. The molecule has 0 bridgehead atoms. The summed E-state index contributed by atoms with van der Waals surface area (Å²) in [6, 6.07) is 2.61.